The highest BCUT2D eigenvalue weighted by molar-refractivity contribution is 7.15. The van der Waals surface area contributed by atoms with Crippen molar-refractivity contribution in [2.45, 2.75) is 12.8 Å². The number of aryl methyl sites for hydroxylation is 2. The third kappa shape index (κ3) is 4.49. The minimum Gasteiger partial charge on any atom is -0.493 e. The fourth-order valence-electron chi connectivity index (χ4n) is 3.61. The van der Waals surface area contributed by atoms with Crippen LogP contribution in [0, 0.1) is 0 Å². The second-order valence-electron chi connectivity index (χ2n) is 7.29. The average molecular weight is 484 g/mol. The van der Waals surface area contributed by atoms with Crippen LogP contribution >= 0.6 is 11.3 Å². The Morgan fingerprint density at radius 3 is 2.12 bits per heavy atom. The van der Waals surface area contributed by atoms with Crippen LogP contribution in [0.15, 0.2) is 35.1 Å². The van der Waals surface area contributed by atoms with Gasteiger partial charge in [0.25, 0.3) is 5.56 Å². The first-order valence-corrected chi connectivity index (χ1v) is 11.2. The lowest BCUT2D eigenvalue weighted by Crippen LogP contribution is -2.23. The average Bonchev–Trinajstić information content (AvgIpc) is 3.39. The van der Waals surface area contributed by atoms with Gasteiger partial charge >= 0.3 is 0 Å². The van der Waals surface area contributed by atoms with Crippen molar-refractivity contribution >= 4 is 22.4 Å². The summed E-state index contributed by atoms with van der Waals surface area (Å²) in [6.07, 6.45) is 3.00. The largest absolute Gasteiger partial charge is 0.493 e. The number of nitrogens with zero attached hydrogens (tertiary/aromatic N) is 3. The summed E-state index contributed by atoms with van der Waals surface area (Å²) in [6.45, 7) is 0. The fraction of sp³-hybridized carbons (Fsp3) is 0.292. The lowest BCUT2D eigenvalue weighted by Gasteiger charge is -2.13. The highest BCUT2D eigenvalue weighted by atomic mass is 32.1. The van der Waals surface area contributed by atoms with Crippen LogP contribution in [0.4, 0.5) is 0 Å². The van der Waals surface area contributed by atoms with Gasteiger partial charge in [-0.3, -0.25) is 4.79 Å². The molecule has 34 heavy (non-hydrogen) atoms. The molecule has 178 valence electrons. The third-order valence-electron chi connectivity index (χ3n) is 5.29. The molecule has 0 unspecified atom stereocenters. The second-order valence-corrected chi connectivity index (χ2v) is 8.30. The van der Waals surface area contributed by atoms with Crippen molar-refractivity contribution in [3.63, 3.8) is 0 Å². The summed E-state index contributed by atoms with van der Waals surface area (Å²) < 4.78 is 28.7. The molecular formula is C24H25N3O6S. The van der Waals surface area contributed by atoms with Crippen molar-refractivity contribution in [2.24, 2.45) is 0 Å². The number of methoxy groups -OCH3 is 5. The number of fused-ring (bicyclic) bond motifs is 1. The van der Waals surface area contributed by atoms with Crippen molar-refractivity contribution < 1.29 is 23.7 Å². The van der Waals surface area contributed by atoms with Gasteiger partial charge in [-0.2, -0.15) is 4.52 Å². The lowest BCUT2D eigenvalue weighted by molar-refractivity contribution is 0.324. The number of rotatable bonds is 9. The van der Waals surface area contributed by atoms with Gasteiger partial charge in [-0.15, -0.1) is 5.10 Å². The zero-order valence-corrected chi connectivity index (χ0v) is 20.4. The molecule has 0 aliphatic rings. The number of thiazole rings is 1. The van der Waals surface area contributed by atoms with Crippen molar-refractivity contribution in [1.82, 2.24) is 14.6 Å². The maximum atomic E-state index is 12.9. The van der Waals surface area contributed by atoms with Crippen LogP contribution in [0.1, 0.15) is 17.0 Å². The van der Waals surface area contributed by atoms with Gasteiger partial charge in [-0.05, 0) is 47.9 Å². The molecular weight excluding hydrogens is 458 g/mol. The summed E-state index contributed by atoms with van der Waals surface area (Å²) in [5.74, 6) is 3.54. The molecule has 0 N–H and O–H groups in total. The summed E-state index contributed by atoms with van der Waals surface area (Å²) in [7, 11) is 7.88. The number of aromatic nitrogens is 3. The molecule has 0 saturated heterocycles. The van der Waals surface area contributed by atoms with Gasteiger partial charge in [0, 0.05) is 6.42 Å². The maximum Gasteiger partial charge on any atom is 0.291 e. The first-order valence-electron chi connectivity index (χ1n) is 10.4. The Hall–Kier alpha value is -3.79. The van der Waals surface area contributed by atoms with E-state index in [1.54, 1.807) is 47.7 Å². The molecule has 0 bridgehead atoms. The SMILES string of the molecule is COc1ccc(/C=c2\sc3nc(CCc4cc(OC)c(OC)c(OC)c4)nn3c2=O)cc1OC. The maximum absolute atomic E-state index is 12.9. The van der Waals surface area contributed by atoms with E-state index in [-0.39, 0.29) is 5.56 Å². The second kappa shape index (κ2) is 10.0. The first-order chi connectivity index (χ1) is 16.5. The number of hydrogen-bond acceptors (Lipinski definition) is 9. The topological polar surface area (TPSA) is 93.4 Å². The van der Waals surface area contributed by atoms with Gasteiger partial charge < -0.3 is 23.7 Å². The molecule has 0 saturated carbocycles. The van der Waals surface area contributed by atoms with Crippen LogP contribution in [-0.4, -0.2) is 50.1 Å². The predicted molar refractivity (Wildman–Crippen MR) is 129 cm³/mol. The van der Waals surface area contributed by atoms with Crippen LogP contribution in [-0.2, 0) is 12.8 Å². The molecule has 2 heterocycles. The van der Waals surface area contributed by atoms with Gasteiger partial charge in [-0.25, -0.2) is 4.98 Å². The number of hydrogen-bond donors (Lipinski definition) is 0. The molecule has 0 aliphatic carbocycles. The van der Waals surface area contributed by atoms with Gasteiger partial charge in [-0.1, -0.05) is 17.4 Å². The smallest absolute Gasteiger partial charge is 0.291 e. The van der Waals surface area contributed by atoms with Gasteiger partial charge in [0.2, 0.25) is 10.7 Å². The van der Waals surface area contributed by atoms with Crippen LogP contribution in [0.2, 0.25) is 0 Å². The molecule has 0 fully saturated rings. The van der Waals surface area contributed by atoms with Crippen LogP contribution < -0.4 is 33.8 Å². The molecule has 0 spiro atoms. The highest BCUT2D eigenvalue weighted by Crippen LogP contribution is 2.38. The predicted octanol–water partition coefficient (Wildman–Crippen LogP) is 2.53. The lowest BCUT2D eigenvalue weighted by atomic mass is 10.1. The summed E-state index contributed by atoms with van der Waals surface area (Å²) in [5, 5.41) is 4.42. The summed E-state index contributed by atoms with van der Waals surface area (Å²) >= 11 is 1.29. The minimum atomic E-state index is -0.207. The first kappa shape index (κ1) is 23.4. The standard InChI is InChI=1S/C24H25N3O6S/c1-29-16-8-6-15(10-17(16)30-2)13-20-23(28)27-24(34-20)25-21(26-27)9-7-14-11-18(31-3)22(33-5)19(12-14)32-4/h6,8,10-13H,7,9H2,1-5H3/b20-13-. The van der Waals surface area contributed by atoms with Crippen LogP contribution in [0.5, 0.6) is 28.7 Å². The molecule has 0 atom stereocenters. The van der Waals surface area contributed by atoms with Gasteiger partial charge in [0.05, 0.1) is 40.1 Å². The third-order valence-corrected chi connectivity index (χ3v) is 6.25. The van der Waals surface area contributed by atoms with E-state index in [0.717, 1.165) is 11.1 Å². The molecule has 0 amide bonds. The molecule has 9 nitrogen and oxygen atoms in total. The van der Waals surface area contributed by atoms with Crippen LogP contribution in [0.3, 0.4) is 0 Å². The molecule has 2 aromatic heterocycles. The van der Waals surface area contributed by atoms with E-state index in [1.165, 1.54) is 15.9 Å². The Balaban J connectivity index is 1.57. The van der Waals surface area contributed by atoms with Gasteiger partial charge in [0.1, 0.15) is 0 Å². The molecule has 0 radical (unpaired) electrons. The Morgan fingerprint density at radius 2 is 1.53 bits per heavy atom. The summed E-state index contributed by atoms with van der Waals surface area (Å²) in [5.41, 5.74) is 1.60. The Labute approximate surface area is 200 Å². The zero-order valence-electron chi connectivity index (χ0n) is 19.6. The zero-order chi connectivity index (χ0) is 24.2. The van der Waals surface area contributed by atoms with E-state index in [1.807, 2.05) is 24.3 Å². The molecule has 4 aromatic rings. The number of ether oxygens (including phenoxy) is 5. The monoisotopic (exact) mass is 483 g/mol. The van der Waals surface area contributed by atoms with Crippen molar-refractivity contribution in [1.29, 1.82) is 0 Å². The molecule has 4 rings (SSSR count). The normalized spacial score (nSPS) is 11.6. The quantitative estimate of drug-likeness (QED) is 0.359. The molecule has 2 aromatic carbocycles. The van der Waals surface area contributed by atoms with Crippen molar-refractivity contribution in [2.75, 3.05) is 35.5 Å². The molecule has 0 aliphatic heterocycles. The van der Waals surface area contributed by atoms with Crippen molar-refractivity contribution in [3.05, 3.63) is 62.2 Å². The fourth-order valence-corrected chi connectivity index (χ4v) is 4.54. The summed E-state index contributed by atoms with van der Waals surface area (Å²) in [4.78, 5) is 18.0. The van der Waals surface area contributed by atoms with E-state index in [9.17, 15) is 4.79 Å². The van der Waals surface area contributed by atoms with Crippen molar-refractivity contribution in [3.8, 4) is 28.7 Å². The van der Waals surface area contributed by atoms with E-state index in [4.69, 9.17) is 23.7 Å². The Morgan fingerprint density at radius 1 is 0.853 bits per heavy atom. The summed E-state index contributed by atoms with van der Waals surface area (Å²) in [6, 6.07) is 9.27. The van der Waals surface area contributed by atoms with E-state index in [2.05, 4.69) is 10.1 Å². The highest BCUT2D eigenvalue weighted by Gasteiger charge is 2.15. The van der Waals surface area contributed by atoms with E-state index in [0.29, 0.717) is 56.9 Å². The minimum absolute atomic E-state index is 0.207. The van der Waals surface area contributed by atoms with E-state index >= 15 is 0 Å². The van der Waals surface area contributed by atoms with E-state index < -0.39 is 0 Å². The number of benzene rings is 2. The van der Waals surface area contributed by atoms with Gasteiger partial charge in [0.15, 0.2) is 28.8 Å². The molecule has 10 heteroatoms. The Kier molecular flexibility index (Phi) is 6.87. The Bertz CT molecular complexity index is 1400. The van der Waals surface area contributed by atoms with Crippen LogP contribution in [0.25, 0.3) is 11.0 Å².